The van der Waals surface area contributed by atoms with Crippen molar-refractivity contribution in [2.24, 2.45) is 22.7 Å². The molecule has 3 aliphatic carbocycles. The van der Waals surface area contributed by atoms with E-state index in [9.17, 15) is 5.11 Å². The van der Waals surface area contributed by atoms with Crippen molar-refractivity contribution in [2.45, 2.75) is 90.4 Å². The lowest BCUT2D eigenvalue weighted by Gasteiger charge is -2.65. The zero-order chi connectivity index (χ0) is 16.7. The Morgan fingerprint density at radius 1 is 1.13 bits per heavy atom. The fraction of sp³-hybridized carbons (Fsp3) is 0.900. The second-order valence-corrected chi connectivity index (χ2v) is 10.0. The van der Waals surface area contributed by atoms with E-state index in [0.29, 0.717) is 16.7 Å². The minimum absolute atomic E-state index is 0.0810. The first-order valence-electron chi connectivity index (χ1n) is 9.39. The molecule has 0 aromatic rings. The molecule has 2 aliphatic heterocycles. The van der Waals surface area contributed by atoms with Crippen LogP contribution in [0.4, 0.5) is 0 Å². The van der Waals surface area contributed by atoms with Crippen molar-refractivity contribution >= 4 is 0 Å². The Morgan fingerprint density at radius 2 is 1.87 bits per heavy atom. The number of fused-ring (bicyclic) bond motifs is 2. The first kappa shape index (κ1) is 16.1. The molecule has 1 saturated heterocycles. The molecule has 3 heteroatoms. The van der Waals surface area contributed by atoms with Gasteiger partial charge in [0, 0.05) is 5.92 Å². The molecule has 3 nitrogen and oxygen atoms in total. The lowest BCUT2D eigenvalue weighted by molar-refractivity contribution is -0.435. The monoisotopic (exact) mass is 320 g/mol. The van der Waals surface area contributed by atoms with Gasteiger partial charge in [0.1, 0.15) is 11.7 Å². The molecule has 5 rings (SSSR count). The van der Waals surface area contributed by atoms with Crippen molar-refractivity contribution in [2.75, 3.05) is 0 Å². The molecule has 5 atom stereocenters. The van der Waals surface area contributed by atoms with Gasteiger partial charge in [0.15, 0.2) is 0 Å². The first-order valence-corrected chi connectivity index (χ1v) is 9.39. The third-order valence-electron chi connectivity index (χ3n) is 7.71. The topological polar surface area (TPSA) is 38.7 Å². The Morgan fingerprint density at radius 3 is 2.57 bits per heavy atom. The van der Waals surface area contributed by atoms with Gasteiger partial charge in [-0.05, 0) is 74.3 Å². The van der Waals surface area contributed by atoms with Crippen LogP contribution in [0.25, 0.3) is 0 Å². The second-order valence-electron chi connectivity index (χ2n) is 10.0. The molecular weight excluding hydrogens is 288 g/mol. The SMILES string of the molecule is CC(C)(O)C1=C[C@@]23CCC4C(C)(C)CCC[C@]4(C)[C@H]2C[C@H]1OO3. The summed E-state index contributed by atoms with van der Waals surface area (Å²) in [6.07, 6.45) is 9.35. The highest BCUT2D eigenvalue weighted by Crippen LogP contribution is 2.66. The average Bonchev–Trinajstić information content (AvgIpc) is 2.45. The maximum atomic E-state index is 10.5. The second kappa shape index (κ2) is 4.62. The summed E-state index contributed by atoms with van der Waals surface area (Å²) in [6, 6.07) is 0. The largest absolute Gasteiger partial charge is 0.386 e. The van der Waals surface area contributed by atoms with Crippen LogP contribution in [0.2, 0.25) is 0 Å². The zero-order valence-corrected chi connectivity index (χ0v) is 15.3. The summed E-state index contributed by atoms with van der Waals surface area (Å²) in [5.74, 6) is 1.28. The molecule has 1 unspecified atom stereocenters. The molecule has 1 spiro atoms. The quantitative estimate of drug-likeness (QED) is 0.575. The Kier molecular flexibility index (Phi) is 3.23. The molecule has 1 N–H and O–H groups in total. The molecule has 2 saturated carbocycles. The number of rotatable bonds is 1. The molecule has 2 bridgehead atoms. The Bertz CT molecular complexity index is 544. The summed E-state index contributed by atoms with van der Waals surface area (Å²) in [5.41, 5.74) is 0.634. The molecule has 23 heavy (non-hydrogen) atoms. The van der Waals surface area contributed by atoms with Gasteiger partial charge >= 0.3 is 0 Å². The summed E-state index contributed by atoms with van der Waals surface area (Å²) < 4.78 is 0. The van der Waals surface area contributed by atoms with Gasteiger partial charge < -0.3 is 5.11 Å². The summed E-state index contributed by atoms with van der Waals surface area (Å²) in [4.78, 5) is 11.7. The minimum atomic E-state index is -0.823. The van der Waals surface area contributed by atoms with Crippen LogP contribution >= 0.6 is 0 Å². The van der Waals surface area contributed by atoms with Crippen molar-refractivity contribution in [1.82, 2.24) is 0 Å². The molecule has 3 fully saturated rings. The van der Waals surface area contributed by atoms with Gasteiger partial charge in [0.25, 0.3) is 0 Å². The van der Waals surface area contributed by atoms with Crippen LogP contribution in [0.5, 0.6) is 0 Å². The van der Waals surface area contributed by atoms with E-state index in [1.54, 1.807) is 0 Å². The Hall–Kier alpha value is -0.380. The Labute approximate surface area is 140 Å². The van der Waals surface area contributed by atoms with Gasteiger partial charge in [-0.15, -0.1) is 0 Å². The smallest absolute Gasteiger partial charge is 0.125 e. The highest BCUT2D eigenvalue weighted by atomic mass is 17.2. The zero-order valence-electron chi connectivity index (χ0n) is 15.3. The molecule has 0 aromatic carbocycles. The van der Waals surface area contributed by atoms with Crippen molar-refractivity contribution < 1.29 is 14.9 Å². The standard InChI is InChI=1S/C20H32O3/c1-17(2)8-6-9-19(5)15(17)7-10-20-12-13(18(3,4)21)14(22-23-20)11-16(19)20/h12,14-16,21H,6-11H2,1-5H3/t14-,15?,16-,19+,20+/m1/s1. The lowest BCUT2D eigenvalue weighted by atomic mass is 9.43. The summed E-state index contributed by atoms with van der Waals surface area (Å²) in [6.45, 7) is 11.2. The van der Waals surface area contributed by atoms with Crippen LogP contribution in [0.3, 0.4) is 0 Å². The molecule has 0 aromatic heterocycles. The predicted octanol–water partition coefficient (Wildman–Crippen LogP) is 4.40. The van der Waals surface area contributed by atoms with Crippen molar-refractivity contribution in [1.29, 1.82) is 0 Å². The van der Waals surface area contributed by atoms with Crippen molar-refractivity contribution in [3.05, 3.63) is 11.6 Å². The van der Waals surface area contributed by atoms with Crippen LogP contribution in [0.15, 0.2) is 11.6 Å². The van der Waals surface area contributed by atoms with E-state index >= 15 is 0 Å². The van der Waals surface area contributed by atoms with Crippen LogP contribution in [-0.2, 0) is 9.78 Å². The maximum absolute atomic E-state index is 10.5. The van der Waals surface area contributed by atoms with Crippen LogP contribution < -0.4 is 0 Å². The molecular formula is C20H32O3. The lowest BCUT2D eigenvalue weighted by Crippen LogP contribution is -2.64. The summed E-state index contributed by atoms with van der Waals surface area (Å²) in [7, 11) is 0. The van der Waals surface area contributed by atoms with Crippen LogP contribution in [-0.4, -0.2) is 22.4 Å². The number of aliphatic hydroxyl groups is 1. The van der Waals surface area contributed by atoms with Crippen molar-refractivity contribution in [3.8, 4) is 0 Å². The fourth-order valence-corrected chi connectivity index (χ4v) is 6.68. The minimum Gasteiger partial charge on any atom is -0.386 e. The van der Waals surface area contributed by atoms with E-state index in [1.807, 2.05) is 13.8 Å². The van der Waals surface area contributed by atoms with E-state index in [4.69, 9.17) is 9.78 Å². The van der Waals surface area contributed by atoms with E-state index in [1.165, 1.54) is 25.7 Å². The van der Waals surface area contributed by atoms with Crippen LogP contribution in [0, 0.1) is 22.7 Å². The average molecular weight is 320 g/mol. The molecule has 0 amide bonds. The van der Waals surface area contributed by atoms with E-state index in [0.717, 1.165) is 24.3 Å². The first-order chi connectivity index (χ1) is 10.6. The summed E-state index contributed by atoms with van der Waals surface area (Å²) in [5, 5.41) is 10.5. The third kappa shape index (κ3) is 2.12. The van der Waals surface area contributed by atoms with E-state index < -0.39 is 5.60 Å². The summed E-state index contributed by atoms with van der Waals surface area (Å²) >= 11 is 0. The van der Waals surface area contributed by atoms with Crippen molar-refractivity contribution in [3.63, 3.8) is 0 Å². The van der Waals surface area contributed by atoms with Crippen LogP contribution in [0.1, 0.15) is 73.1 Å². The predicted molar refractivity (Wildman–Crippen MR) is 89.6 cm³/mol. The van der Waals surface area contributed by atoms with E-state index in [-0.39, 0.29) is 11.7 Å². The van der Waals surface area contributed by atoms with Gasteiger partial charge in [0.2, 0.25) is 0 Å². The maximum Gasteiger partial charge on any atom is 0.125 e. The van der Waals surface area contributed by atoms with Gasteiger partial charge in [0.05, 0.1) is 5.60 Å². The van der Waals surface area contributed by atoms with Gasteiger partial charge in [-0.2, -0.15) is 0 Å². The Balaban J connectivity index is 1.76. The molecule has 5 aliphatic rings. The molecule has 2 heterocycles. The van der Waals surface area contributed by atoms with Gasteiger partial charge in [-0.25, -0.2) is 9.78 Å². The van der Waals surface area contributed by atoms with Gasteiger partial charge in [-0.3, -0.25) is 0 Å². The van der Waals surface area contributed by atoms with Gasteiger partial charge in [-0.1, -0.05) is 27.2 Å². The van der Waals surface area contributed by atoms with E-state index in [2.05, 4.69) is 26.8 Å². The number of hydrogen-bond donors (Lipinski definition) is 1. The molecule has 0 radical (unpaired) electrons. The molecule has 130 valence electrons. The highest BCUT2D eigenvalue weighted by molar-refractivity contribution is 5.32. The third-order valence-corrected chi connectivity index (χ3v) is 7.71. The highest BCUT2D eigenvalue weighted by Gasteiger charge is 2.64. The fourth-order valence-electron chi connectivity index (χ4n) is 6.68. The normalized spacial score (nSPS) is 48.4. The number of hydrogen-bond acceptors (Lipinski definition) is 3.